The molecule has 0 aliphatic carbocycles. The maximum atomic E-state index is 2.65. The van der Waals surface area contributed by atoms with Gasteiger partial charge in [0.25, 0.3) is 0 Å². The van der Waals surface area contributed by atoms with Crippen molar-refractivity contribution >= 4 is 0 Å². The summed E-state index contributed by atoms with van der Waals surface area (Å²) in [6, 6.07) is 0. The fourth-order valence-corrected chi connectivity index (χ4v) is 2.21. The Kier molecular flexibility index (Phi) is 4.79. The van der Waals surface area contributed by atoms with E-state index in [1.165, 1.54) is 45.3 Å². The van der Waals surface area contributed by atoms with E-state index in [2.05, 4.69) is 25.7 Å². The van der Waals surface area contributed by atoms with Crippen LogP contribution in [-0.4, -0.2) is 24.5 Å². The van der Waals surface area contributed by atoms with Gasteiger partial charge in [0.05, 0.1) is 0 Å². The average Bonchev–Trinajstić information content (AvgIpc) is 2.03. The zero-order chi connectivity index (χ0) is 9.68. The van der Waals surface area contributed by atoms with Crippen LogP contribution < -0.4 is 0 Å². The van der Waals surface area contributed by atoms with Gasteiger partial charge in [0.2, 0.25) is 0 Å². The monoisotopic (exact) mass is 183 g/mol. The lowest BCUT2D eigenvalue weighted by molar-refractivity contribution is 0.179. The zero-order valence-electron chi connectivity index (χ0n) is 9.55. The summed E-state index contributed by atoms with van der Waals surface area (Å²) in [6.45, 7) is 11.1. The minimum absolute atomic E-state index is 0.877. The first-order valence-corrected chi connectivity index (χ1v) is 5.91. The van der Waals surface area contributed by atoms with E-state index < -0.39 is 0 Å². The van der Waals surface area contributed by atoms with Crippen LogP contribution in [0.25, 0.3) is 0 Å². The highest BCUT2D eigenvalue weighted by Gasteiger charge is 2.15. The highest BCUT2D eigenvalue weighted by Crippen LogP contribution is 2.16. The molecule has 0 aromatic carbocycles. The quantitative estimate of drug-likeness (QED) is 0.647. The summed E-state index contributed by atoms with van der Waals surface area (Å²) in [7, 11) is 0. The summed E-state index contributed by atoms with van der Waals surface area (Å²) in [5.41, 5.74) is 0. The molecule has 13 heavy (non-hydrogen) atoms. The molecule has 1 rings (SSSR count). The van der Waals surface area contributed by atoms with Crippen LogP contribution in [0, 0.1) is 11.8 Å². The predicted molar refractivity (Wildman–Crippen MR) is 58.9 cm³/mol. The largest absolute Gasteiger partial charge is 0.303 e. The summed E-state index contributed by atoms with van der Waals surface area (Å²) in [5, 5.41) is 0. The van der Waals surface area contributed by atoms with Crippen LogP contribution in [0.1, 0.15) is 46.5 Å². The molecule has 1 heterocycles. The van der Waals surface area contributed by atoms with Gasteiger partial charge in [-0.15, -0.1) is 0 Å². The number of hydrogen-bond acceptors (Lipinski definition) is 1. The summed E-state index contributed by atoms with van der Waals surface area (Å²) in [4.78, 5) is 2.65. The Balaban J connectivity index is 2.06. The van der Waals surface area contributed by atoms with E-state index in [0.717, 1.165) is 11.8 Å². The third-order valence-corrected chi connectivity index (χ3v) is 3.00. The van der Waals surface area contributed by atoms with Crippen LogP contribution in [0.3, 0.4) is 0 Å². The van der Waals surface area contributed by atoms with Gasteiger partial charge >= 0.3 is 0 Å². The standard InChI is InChI=1S/C12H25N/c1-11(2)6-4-8-13-9-5-7-12(3)10-13/h11-12H,4-10H2,1-3H3. The molecule has 0 aromatic rings. The molecule has 1 aliphatic heterocycles. The van der Waals surface area contributed by atoms with Gasteiger partial charge in [-0.1, -0.05) is 20.8 Å². The molecule has 0 bridgehead atoms. The molecule has 1 unspecified atom stereocenters. The van der Waals surface area contributed by atoms with Crippen molar-refractivity contribution in [3.8, 4) is 0 Å². The molecular formula is C12H25N. The molecule has 0 saturated carbocycles. The maximum Gasteiger partial charge on any atom is 0.000703 e. The van der Waals surface area contributed by atoms with Crippen LogP contribution in [-0.2, 0) is 0 Å². The van der Waals surface area contributed by atoms with Gasteiger partial charge in [-0.25, -0.2) is 0 Å². The predicted octanol–water partition coefficient (Wildman–Crippen LogP) is 3.15. The SMILES string of the molecule is CC(C)CCCN1CCCC(C)C1. The second kappa shape index (κ2) is 5.64. The van der Waals surface area contributed by atoms with Gasteiger partial charge in [-0.3, -0.25) is 0 Å². The molecule has 0 spiro atoms. The Hall–Kier alpha value is -0.0400. The topological polar surface area (TPSA) is 3.24 Å². The lowest BCUT2D eigenvalue weighted by atomic mass is 9.99. The van der Waals surface area contributed by atoms with E-state index in [0.29, 0.717) is 0 Å². The van der Waals surface area contributed by atoms with Crippen molar-refractivity contribution in [2.75, 3.05) is 19.6 Å². The van der Waals surface area contributed by atoms with E-state index in [-0.39, 0.29) is 0 Å². The highest BCUT2D eigenvalue weighted by atomic mass is 15.1. The minimum Gasteiger partial charge on any atom is -0.303 e. The van der Waals surface area contributed by atoms with Gasteiger partial charge in [0.1, 0.15) is 0 Å². The first-order valence-electron chi connectivity index (χ1n) is 5.91. The second-order valence-electron chi connectivity index (χ2n) is 5.08. The van der Waals surface area contributed by atoms with Crippen LogP contribution in [0.4, 0.5) is 0 Å². The smallest absolute Gasteiger partial charge is 0.000703 e. The van der Waals surface area contributed by atoms with Crippen LogP contribution >= 0.6 is 0 Å². The Morgan fingerprint density at radius 3 is 2.77 bits per heavy atom. The Labute approximate surface area is 83.5 Å². The minimum atomic E-state index is 0.877. The van der Waals surface area contributed by atoms with Crippen molar-refractivity contribution in [2.24, 2.45) is 11.8 Å². The number of likely N-dealkylation sites (tertiary alicyclic amines) is 1. The van der Waals surface area contributed by atoms with Crippen molar-refractivity contribution in [3.05, 3.63) is 0 Å². The number of piperidine rings is 1. The maximum absolute atomic E-state index is 2.65. The summed E-state index contributed by atoms with van der Waals surface area (Å²) >= 11 is 0. The Morgan fingerprint density at radius 1 is 1.38 bits per heavy atom. The number of hydrogen-bond donors (Lipinski definition) is 0. The normalized spacial score (nSPS) is 25.4. The van der Waals surface area contributed by atoms with E-state index in [4.69, 9.17) is 0 Å². The molecule has 1 nitrogen and oxygen atoms in total. The van der Waals surface area contributed by atoms with Gasteiger partial charge in [-0.2, -0.15) is 0 Å². The van der Waals surface area contributed by atoms with E-state index in [1.807, 2.05) is 0 Å². The molecule has 1 saturated heterocycles. The summed E-state index contributed by atoms with van der Waals surface area (Å²) in [5.74, 6) is 1.81. The molecule has 1 heteroatoms. The van der Waals surface area contributed by atoms with Crippen molar-refractivity contribution in [1.82, 2.24) is 4.90 Å². The highest BCUT2D eigenvalue weighted by molar-refractivity contribution is 4.69. The Morgan fingerprint density at radius 2 is 2.15 bits per heavy atom. The fourth-order valence-electron chi connectivity index (χ4n) is 2.21. The molecule has 1 aliphatic rings. The fraction of sp³-hybridized carbons (Fsp3) is 1.00. The second-order valence-corrected chi connectivity index (χ2v) is 5.08. The molecule has 1 fully saturated rings. The number of rotatable bonds is 4. The lowest BCUT2D eigenvalue weighted by Gasteiger charge is -2.30. The first-order chi connectivity index (χ1) is 6.18. The molecule has 0 N–H and O–H groups in total. The number of nitrogens with zero attached hydrogens (tertiary/aromatic N) is 1. The third kappa shape index (κ3) is 4.66. The van der Waals surface area contributed by atoms with Crippen LogP contribution in [0.15, 0.2) is 0 Å². The summed E-state index contributed by atoms with van der Waals surface area (Å²) < 4.78 is 0. The average molecular weight is 183 g/mol. The molecule has 0 aromatic heterocycles. The molecular weight excluding hydrogens is 158 g/mol. The van der Waals surface area contributed by atoms with Gasteiger partial charge in [-0.05, 0) is 50.6 Å². The van der Waals surface area contributed by atoms with Crippen molar-refractivity contribution < 1.29 is 0 Å². The van der Waals surface area contributed by atoms with Crippen molar-refractivity contribution in [3.63, 3.8) is 0 Å². The molecule has 78 valence electrons. The van der Waals surface area contributed by atoms with E-state index >= 15 is 0 Å². The first kappa shape index (κ1) is 11.0. The third-order valence-electron chi connectivity index (χ3n) is 3.00. The Bertz CT molecular complexity index is 131. The van der Waals surface area contributed by atoms with Crippen LogP contribution in [0.2, 0.25) is 0 Å². The molecule has 0 radical (unpaired) electrons. The molecule has 0 amide bonds. The van der Waals surface area contributed by atoms with Crippen molar-refractivity contribution in [2.45, 2.75) is 46.5 Å². The molecule has 1 atom stereocenters. The van der Waals surface area contributed by atoms with Gasteiger partial charge < -0.3 is 4.90 Å². The van der Waals surface area contributed by atoms with Gasteiger partial charge in [0.15, 0.2) is 0 Å². The van der Waals surface area contributed by atoms with Crippen LogP contribution in [0.5, 0.6) is 0 Å². The van der Waals surface area contributed by atoms with E-state index in [9.17, 15) is 0 Å². The van der Waals surface area contributed by atoms with Crippen molar-refractivity contribution in [1.29, 1.82) is 0 Å². The zero-order valence-corrected chi connectivity index (χ0v) is 9.55. The summed E-state index contributed by atoms with van der Waals surface area (Å²) in [6.07, 6.45) is 5.65. The lowest BCUT2D eigenvalue weighted by Crippen LogP contribution is -2.35. The van der Waals surface area contributed by atoms with E-state index in [1.54, 1.807) is 0 Å². The van der Waals surface area contributed by atoms with Gasteiger partial charge in [0, 0.05) is 6.54 Å².